The van der Waals surface area contributed by atoms with Gasteiger partial charge in [-0.3, -0.25) is 4.79 Å². The van der Waals surface area contributed by atoms with Crippen molar-refractivity contribution >= 4 is 23.6 Å². The van der Waals surface area contributed by atoms with Crippen molar-refractivity contribution in [2.75, 3.05) is 18.6 Å². The molecule has 19 heavy (non-hydrogen) atoms. The number of amides is 1. The second-order valence-electron chi connectivity index (χ2n) is 4.93. The van der Waals surface area contributed by atoms with Crippen molar-refractivity contribution in [3.05, 3.63) is 0 Å². The average molecular weight is 288 g/mol. The molecule has 2 unspecified atom stereocenters. The van der Waals surface area contributed by atoms with E-state index in [1.165, 1.54) is 12.8 Å². The molecular weight excluding hydrogens is 264 g/mol. The van der Waals surface area contributed by atoms with Gasteiger partial charge in [-0.25, -0.2) is 4.79 Å². The number of nitrogens with one attached hydrogen (secondary N) is 2. The molecule has 3 N–H and O–H groups in total. The van der Waals surface area contributed by atoms with Crippen molar-refractivity contribution in [3.8, 4) is 0 Å². The van der Waals surface area contributed by atoms with Crippen LogP contribution in [-0.2, 0) is 9.59 Å². The second-order valence-corrected chi connectivity index (χ2v) is 5.91. The Bertz CT molecular complexity index is 294. The summed E-state index contributed by atoms with van der Waals surface area (Å²) in [6.45, 7) is 1.03. The number of aliphatic carboxylic acids is 1. The Morgan fingerprint density at radius 3 is 2.84 bits per heavy atom. The smallest absolute Gasteiger partial charge is 0.326 e. The monoisotopic (exact) mass is 288 g/mol. The van der Waals surface area contributed by atoms with Crippen LogP contribution in [0.1, 0.15) is 38.5 Å². The number of carbonyl (C=O) groups is 2. The molecule has 0 radical (unpaired) electrons. The normalized spacial score (nSPS) is 20.8. The minimum atomic E-state index is -0.946. The molecule has 0 aromatic rings. The topological polar surface area (TPSA) is 78.4 Å². The van der Waals surface area contributed by atoms with Gasteiger partial charge in [0.05, 0.1) is 0 Å². The van der Waals surface area contributed by atoms with Gasteiger partial charge in [0.15, 0.2) is 0 Å². The number of carbonyl (C=O) groups excluding carboxylic acids is 1. The van der Waals surface area contributed by atoms with Crippen molar-refractivity contribution in [2.45, 2.75) is 50.6 Å². The van der Waals surface area contributed by atoms with E-state index in [1.54, 1.807) is 11.8 Å². The summed E-state index contributed by atoms with van der Waals surface area (Å²) in [5.74, 6) is -0.361. The van der Waals surface area contributed by atoms with Crippen LogP contribution in [0.15, 0.2) is 0 Å². The van der Waals surface area contributed by atoms with Gasteiger partial charge in [0.1, 0.15) is 6.04 Å². The van der Waals surface area contributed by atoms with Crippen molar-refractivity contribution in [3.63, 3.8) is 0 Å². The van der Waals surface area contributed by atoms with Gasteiger partial charge < -0.3 is 15.7 Å². The van der Waals surface area contributed by atoms with Crippen LogP contribution in [0.3, 0.4) is 0 Å². The molecule has 1 amide bonds. The number of carboxylic acid groups (broad SMARTS) is 1. The Kier molecular flexibility index (Phi) is 7.90. The zero-order chi connectivity index (χ0) is 14.1. The highest BCUT2D eigenvalue weighted by molar-refractivity contribution is 7.98. The second kappa shape index (κ2) is 9.20. The van der Waals surface area contributed by atoms with Gasteiger partial charge in [0.25, 0.3) is 0 Å². The zero-order valence-electron chi connectivity index (χ0n) is 11.5. The molecule has 1 heterocycles. The molecule has 1 rings (SSSR count). The van der Waals surface area contributed by atoms with E-state index in [2.05, 4.69) is 10.6 Å². The number of hydrogen-bond acceptors (Lipinski definition) is 4. The summed E-state index contributed by atoms with van der Waals surface area (Å²) in [5.41, 5.74) is 0. The van der Waals surface area contributed by atoms with Gasteiger partial charge in [-0.15, -0.1) is 0 Å². The van der Waals surface area contributed by atoms with Crippen LogP contribution in [0.25, 0.3) is 0 Å². The van der Waals surface area contributed by atoms with Gasteiger partial charge in [-0.05, 0) is 44.2 Å². The first-order valence-electron chi connectivity index (χ1n) is 6.88. The SMILES string of the molecule is CSCCC(NC(=O)CCC1CCCCN1)C(=O)O. The van der Waals surface area contributed by atoms with E-state index >= 15 is 0 Å². The van der Waals surface area contributed by atoms with Crippen LogP contribution in [0, 0.1) is 0 Å². The van der Waals surface area contributed by atoms with Gasteiger partial charge in [-0.1, -0.05) is 6.42 Å². The molecule has 1 saturated heterocycles. The van der Waals surface area contributed by atoms with Crippen molar-refractivity contribution in [1.29, 1.82) is 0 Å². The maximum Gasteiger partial charge on any atom is 0.326 e. The molecule has 0 aliphatic carbocycles. The third-order valence-electron chi connectivity index (χ3n) is 3.38. The molecule has 1 fully saturated rings. The Morgan fingerprint density at radius 2 is 2.26 bits per heavy atom. The van der Waals surface area contributed by atoms with Crippen molar-refractivity contribution in [1.82, 2.24) is 10.6 Å². The molecule has 1 aliphatic heterocycles. The lowest BCUT2D eigenvalue weighted by atomic mass is 10.0. The molecule has 1 aliphatic rings. The first-order valence-corrected chi connectivity index (χ1v) is 8.27. The minimum Gasteiger partial charge on any atom is -0.480 e. The lowest BCUT2D eigenvalue weighted by molar-refractivity contribution is -0.141. The van der Waals surface area contributed by atoms with E-state index in [0.717, 1.165) is 25.1 Å². The van der Waals surface area contributed by atoms with Gasteiger partial charge in [-0.2, -0.15) is 11.8 Å². The van der Waals surface area contributed by atoms with Crippen LogP contribution in [0.2, 0.25) is 0 Å². The number of hydrogen-bond donors (Lipinski definition) is 3. The Morgan fingerprint density at radius 1 is 1.47 bits per heavy atom. The molecule has 0 saturated carbocycles. The third-order valence-corrected chi connectivity index (χ3v) is 4.02. The highest BCUT2D eigenvalue weighted by Gasteiger charge is 2.20. The predicted octanol–water partition coefficient (Wildman–Crippen LogP) is 1.23. The lowest BCUT2D eigenvalue weighted by Gasteiger charge is -2.23. The quantitative estimate of drug-likeness (QED) is 0.626. The van der Waals surface area contributed by atoms with Gasteiger partial charge in [0.2, 0.25) is 5.91 Å². The van der Waals surface area contributed by atoms with Gasteiger partial charge >= 0.3 is 5.97 Å². The first kappa shape index (κ1) is 16.3. The lowest BCUT2D eigenvalue weighted by Crippen LogP contribution is -2.42. The predicted molar refractivity (Wildman–Crippen MR) is 77.4 cm³/mol. The molecule has 2 atom stereocenters. The highest BCUT2D eigenvalue weighted by atomic mass is 32.2. The van der Waals surface area contributed by atoms with E-state index in [0.29, 0.717) is 18.9 Å². The van der Waals surface area contributed by atoms with E-state index in [1.807, 2.05) is 6.26 Å². The number of piperidine rings is 1. The van der Waals surface area contributed by atoms with Crippen LogP contribution >= 0.6 is 11.8 Å². The standard InChI is InChI=1S/C13H24N2O3S/c1-19-9-7-11(13(17)18)15-12(16)6-5-10-4-2-3-8-14-10/h10-11,14H,2-9H2,1H3,(H,15,16)(H,17,18). The van der Waals surface area contributed by atoms with E-state index in [-0.39, 0.29) is 5.91 Å². The Hall–Kier alpha value is -0.750. The van der Waals surface area contributed by atoms with Crippen molar-refractivity contribution in [2.24, 2.45) is 0 Å². The molecule has 0 spiro atoms. The maximum atomic E-state index is 11.8. The average Bonchev–Trinajstić information content (AvgIpc) is 2.42. The summed E-state index contributed by atoms with van der Waals surface area (Å²) in [4.78, 5) is 22.8. The van der Waals surface area contributed by atoms with Crippen LogP contribution in [-0.4, -0.2) is 47.6 Å². The molecule has 0 bridgehead atoms. The fourth-order valence-corrected chi connectivity index (χ4v) is 2.71. The molecule has 110 valence electrons. The van der Waals surface area contributed by atoms with Crippen LogP contribution in [0.4, 0.5) is 0 Å². The number of thioether (sulfide) groups is 1. The van der Waals surface area contributed by atoms with Gasteiger partial charge in [0, 0.05) is 12.5 Å². The summed E-state index contributed by atoms with van der Waals surface area (Å²) >= 11 is 1.59. The molecule has 0 aromatic carbocycles. The number of carboxylic acids is 1. The Labute approximate surface area is 118 Å². The van der Waals surface area contributed by atoms with E-state index in [4.69, 9.17) is 5.11 Å². The Balaban J connectivity index is 2.25. The summed E-state index contributed by atoms with van der Waals surface area (Å²) < 4.78 is 0. The van der Waals surface area contributed by atoms with E-state index < -0.39 is 12.0 Å². The summed E-state index contributed by atoms with van der Waals surface area (Å²) in [5, 5.41) is 15.0. The summed E-state index contributed by atoms with van der Waals surface area (Å²) in [6.07, 6.45) is 7.13. The maximum absolute atomic E-state index is 11.8. The van der Waals surface area contributed by atoms with Crippen LogP contribution in [0.5, 0.6) is 0 Å². The number of rotatable bonds is 8. The highest BCUT2D eigenvalue weighted by Crippen LogP contribution is 2.11. The summed E-state index contributed by atoms with van der Waals surface area (Å²) in [6, 6.07) is -0.340. The third kappa shape index (κ3) is 6.82. The zero-order valence-corrected chi connectivity index (χ0v) is 12.3. The fourth-order valence-electron chi connectivity index (χ4n) is 2.24. The van der Waals surface area contributed by atoms with Crippen molar-refractivity contribution < 1.29 is 14.7 Å². The summed E-state index contributed by atoms with van der Waals surface area (Å²) in [7, 11) is 0. The first-order chi connectivity index (χ1) is 9.13. The molecular formula is C13H24N2O3S. The van der Waals surface area contributed by atoms with E-state index in [9.17, 15) is 9.59 Å². The molecule has 5 nitrogen and oxygen atoms in total. The fraction of sp³-hybridized carbons (Fsp3) is 0.846. The molecule has 6 heteroatoms. The largest absolute Gasteiger partial charge is 0.480 e. The molecule has 0 aromatic heterocycles. The minimum absolute atomic E-state index is 0.152. The van der Waals surface area contributed by atoms with Crippen LogP contribution < -0.4 is 10.6 Å².